The summed E-state index contributed by atoms with van der Waals surface area (Å²) < 4.78 is 0. The predicted octanol–water partition coefficient (Wildman–Crippen LogP) is 3.09. The highest BCUT2D eigenvalue weighted by atomic mass is 32.1. The quantitative estimate of drug-likeness (QED) is 0.812. The molecule has 0 radical (unpaired) electrons. The van der Waals surface area contributed by atoms with Crippen molar-refractivity contribution in [3.63, 3.8) is 0 Å². The third-order valence-electron chi connectivity index (χ3n) is 3.30. The van der Waals surface area contributed by atoms with Crippen molar-refractivity contribution in [2.75, 3.05) is 7.05 Å². The monoisotopic (exact) mass is 298 g/mol. The van der Waals surface area contributed by atoms with Crippen molar-refractivity contribution in [2.24, 2.45) is 0 Å². The molecule has 2 unspecified atom stereocenters. The van der Waals surface area contributed by atoms with Crippen molar-refractivity contribution in [2.45, 2.75) is 45.2 Å². The van der Waals surface area contributed by atoms with Crippen molar-refractivity contribution in [1.29, 1.82) is 0 Å². The zero-order chi connectivity index (χ0) is 15.1. The zero-order valence-corrected chi connectivity index (χ0v) is 12.9. The molecule has 0 aliphatic carbocycles. The number of hydrogen-bond donors (Lipinski definition) is 2. The molecule has 1 heterocycles. The maximum atomic E-state index is 12.1. The van der Waals surface area contributed by atoms with Gasteiger partial charge in [-0.15, -0.1) is 11.3 Å². The van der Waals surface area contributed by atoms with E-state index < -0.39 is 12.0 Å². The standard InChI is InChI=1S/C14H22N2O3S/c1-4-5-7-11(13(17)18)15-14(19)16(3)10(2)12-8-6-9-20-12/h6,8-11H,4-5,7H2,1-3H3,(H,15,19)(H,17,18). The van der Waals surface area contributed by atoms with Gasteiger partial charge in [0.05, 0.1) is 6.04 Å². The lowest BCUT2D eigenvalue weighted by atomic mass is 10.1. The van der Waals surface area contributed by atoms with Gasteiger partial charge in [-0.25, -0.2) is 9.59 Å². The van der Waals surface area contributed by atoms with Crippen LogP contribution in [0.15, 0.2) is 17.5 Å². The van der Waals surface area contributed by atoms with Crippen LogP contribution in [0.25, 0.3) is 0 Å². The summed E-state index contributed by atoms with van der Waals surface area (Å²) in [5.74, 6) is -0.982. The Morgan fingerprint density at radius 1 is 1.50 bits per heavy atom. The van der Waals surface area contributed by atoms with Crippen LogP contribution in [0.4, 0.5) is 4.79 Å². The fourth-order valence-corrected chi connectivity index (χ4v) is 2.64. The summed E-state index contributed by atoms with van der Waals surface area (Å²) in [5.41, 5.74) is 0. The summed E-state index contributed by atoms with van der Waals surface area (Å²) in [6, 6.07) is 2.65. The molecule has 20 heavy (non-hydrogen) atoms. The molecule has 0 aliphatic rings. The highest BCUT2D eigenvalue weighted by molar-refractivity contribution is 7.10. The van der Waals surface area contributed by atoms with Crippen LogP contribution in [-0.4, -0.2) is 35.1 Å². The van der Waals surface area contributed by atoms with Gasteiger partial charge < -0.3 is 15.3 Å². The normalized spacial score (nSPS) is 13.6. The second-order valence-electron chi connectivity index (χ2n) is 4.78. The predicted molar refractivity (Wildman–Crippen MR) is 80.0 cm³/mol. The van der Waals surface area contributed by atoms with Crippen molar-refractivity contribution in [1.82, 2.24) is 10.2 Å². The fourth-order valence-electron chi connectivity index (χ4n) is 1.81. The number of hydrogen-bond acceptors (Lipinski definition) is 3. The Morgan fingerprint density at radius 3 is 2.70 bits per heavy atom. The lowest BCUT2D eigenvalue weighted by Crippen LogP contribution is -2.47. The summed E-state index contributed by atoms with van der Waals surface area (Å²) >= 11 is 1.58. The first-order valence-electron chi connectivity index (χ1n) is 6.76. The van der Waals surface area contributed by atoms with Gasteiger partial charge in [0.15, 0.2) is 0 Å². The van der Waals surface area contributed by atoms with E-state index in [-0.39, 0.29) is 12.1 Å². The van der Waals surface area contributed by atoms with E-state index in [4.69, 9.17) is 5.11 Å². The highest BCUT2D eigenvalue weighted by Gasteiger charge is 2.24. The van der Waals surface area contributed by atoms with Crippen LogP contribution >= 0.6 is 11.3 Å². The maximum Gasteiger partial charge on any atom is 0.326 e. The molecule has 0 saturated carbocycles. The molecule has 6 heteroatoms. The van der Waals surface area contributed by atoms with E-state index in [0.29, 0.717) is 6.42 Å². The van der Waals surface area contributed by atoms with Crippen molar-refractivity contribution < 1.29 is 14.7 Å². The lowest BCUT2D eigenvalue weighted by molar-refractivity contribution is -0.139. The number of nitrogens with zero attached hydrogens (tertiary/aromatic N) is 1. The average molecular weight is 298 g/mol. The summed E-state index contributed by atoms with van der Waals surface area (Å²) in [7, 11) is 1.68. The van der Waals surface area contributed by atoms with E-state index in [0.717, 1.165) is 17.7 Å². The Labute approximate surface area is 123 Å². The molecule has 0 fully saturated rings. The minimum Gasteiger partial charge on any atom is -0.480 e. The number of unbranched alkanes of at least 4 members (excludes halogenated alkanes) is 1. The molecule has 1 aromatic rings. The van der Waals surface area contributed by atoms with Crippen LogP contribution < -0.4 is 5.32 Å². The number of rotatable bonds is 7. The number of aliphatic carboxylic acids is 1. The first kappa shape index (κ1) is 16.5. The van der Waals surface area contributed by atoms with Crippen LogP contribution in [0.2, 0.25) is 0 Å². The maximum absolute atomic E-state index is 12.1. The van der Waals surface area contributed by atoms with Gasteiger partial charge in [-0.1, -0.05) is 25.8 Å². The molecule has 0 aromatic carbocycles. The molecule has 2 N–H and O–H groups in total. The largest absolute Gasteiger partial charge is 0.480 e. The minimum atomic E-state index is -0.982. The number of amides is 2. The smallest absolute Gasteiger partial charge is 0.326 e. The van der Waals surface area contributed by atoms with Crippen LogP contribution in [-0.2, 0) is 4.79 Å². The van der Waals surface area contributed by atoms with E-state index in [1.807, 2.05) is 31.4 Å². The summed E-state index contributed by atoms with van der Waals surface area (Å²) in [6.45, 7) is 3.92. The topological polar surface area (TPSA) is 69.6 Å². The number of carboxylic acid groups (broad SMARTS) is 1. The Morgan fingerprint density at radius 2 is 2.20 bits per heavy atom. The average Bonchev–Trinajstić information content (AvgIpc) is 2.95. The van der Waals surface area contributed by atoms with Crippen LogP contribution in [0.1, 0.15) is 44.0 Å². The van der Waals surface area contributed by atoms with Gasteiger partial charge in [0, 0.05) is 11.9 Å². The van der Waals surface area contributed by atoms with Crippen molar-refractivity contribution in [3.8, 4) is 0 Å². The third kappa shape index (κ3) is 4.52. The second-order valence-corrected chi connectivity index (χ2v) is 5.76. The minimum absolute atomic E-state index is 0.0735. The zero-order valence-electron chi connectivity index (χ0n) is 12.1. The van der Waals surface area contributed by atoms with Crippen molar-refractivity contribution in [3.05, 3.63) is 22.4 Å². The molecule has 112 valence electrons. The fraction of sp³-hybridized carbons (Fsp3) is 0.571. The number of thiophene rings is 1. The van der Waals surface area contributed by atoms with E-state index in [2.05, 4.69) is 5.32 Å². The van der Waals surface area contributed by atoms with E-state index in [1.165, 1.54) is 4.90 Å². The molecular weight excluding hydrogens is 276 g/mol. The SMILES string of the molecule is CCCCC(NC(=O)N(C)C(C)c1cccs1)C(=O)O. The molecule has 0 spiro atoms. The molecule has 5 nitrogen and oxygen atoms in total. The Balaban J connectivity index is 2.61. The number of carboxylic acids is 1. The van der Waals surface area contributed by atoms with Gasteiger partial charge in [0.1, 0.15) is 6.04 Å². The molecule has 2 atom stereocenters. The number of carbonyl (C=O) groups excluding carboxylic acids is 1. The molecule has 2 amide bonds. The van der Waals surface area contributed by atoms with Gasteiger partial charge >= 0.3 is 12.0 Å². The molecule has 0 bridgehead atoms. The van der Waals surface area contributed by atoms with E-state index in [1.54, 1.807) is 18.4 Å². The molecule has 0 saturated heterocycles. The summed E-state index contributed by atoms with van der Waals surface area (Å²) in [4.78, 5) is 25.9. The molecule has 0 aliphatic heterocycles. The summed E-state index contributed by atoms with van der Waals surface area (Å²) in [6.07, 6.45) is 2.14. The van der Waals surface area contributed by atoms with Crippen LogP contribution in [0.5, 0.6) is 0 Å². The van der Waals surface area contributed by atoms with Crippen LogP contribution in [0.3, 0.4) is 0 Å². The number of nitrogens with one attached hydrogen (secondary N) is 1. The molecule has 1 rings (SSSR count). The molecule has 1 aromatic heterocycles. The number of urea groups is 1. The summed E-state index contributed by atoms with van der Waals surface area (Å²) in [5, 5.41) is 13.7. The van der Waals surface area contributed by atoms with Gasteiger partial charge in [-0.2, -0.15) is 0 Å². The second kappa shape index (κ2) is 7.89. The van der Waals surface area contributed by atoms with Gasteiger partial charge in [0.25, 0.3) is 0 Å². The van der Waals surface area contributed by atoms with Crippen LogP contribution in [0, 0.1) is 0 Å². The highest BCUT2D eigenvalue weighted by Crippen LogP contribution is 2.23. The lowest BCUT2D eigenvalue weighted by Gasteiger charge is -2.26. The van der Waals surface area contributed by atoms with Gasteiger partial charge in [-0.3, -0.25) is 0 Å². The van der Waals surface area contributed by atoms with Crippen molar-refractivity contribution >= 4 is 23.3 Å². The third-order valence-corrected chi connectivity index (χ3v) is 4.34. The Kier molecular flexibility index (Phi) is 6.51. The first-order chi connectivity index (χ1) is 9.47. The Hall–Kier alpha value is -1.56. The molecular formula is C14H22N2O3S. The number of carbonyl (C=O) groups is 2. The van der Waals surface area contributed by atoms with Gasteiger partial charge in [-0.05, 0) is 24.8 Å². The first-order valence-corrected chi connectivity index (χ1v) is 7.64. The Bertz CT molecular complexity index is 434. The van der Waals surface area contributed by atoms with E-state index >= 15 is 0 Å². The van der Waals surface area contributed by atoms with Gasteiger partial charge in [0.2, 0.25) is 0 Å². The van der Waals surface area contributed by atoms with E-state index in [9.17, 15) is 9.59 Å².